The number of aryl methyl sites for hydroxylation is 1. The topological polar surface area (TPSA) is 49.8 Å². The maximum absolute atomic E-state index is 4.20. The smallest absolute Gasteiger partial charge is 0.135 e. The monoisotopic (exact) mass is 306 g/mol. The fourth-order valence-electron chi connectivity index (χ4n) is 1.59. The number of halogens is 1. The van der Waals surface area contributed by atoms with Crippen LogP contribution in [0.4, 0.5) is 17.3 Å². The second kappa shape index (κ2) is 5.82. The molecule has 0 aliphatic rings. The fourth-order valence-corrected chi connectivity index (χ4v) is 1.95. The van der Waals surface area contributed by atoms with E-state index in [1.54, 1.807) is 6.33 Å². The molecule has 0 spiro atoms. The fraction of sp³-hybridized carbons (Fsp3) is 0.231. The molecule has 0 atom stereocenters. The van der Waals surface area contributed by atoms with Crippen LogP contribution in [-0.4, -0.2) is 16.5 Å². The van der Waals surface area contributed by atoms with E-state index in [4.69, 9.17) is 0 Å². The Balaban J connectivity index is 2.23. The van der Waals surface area contributed by atoms with E-state index in [9.17, 15) is 0 Å². The lowest BCUT2D eigenvalue weighted by molar-refractivity contribution is 1.11. The Bertz CT molecular complexity index is 542. The van der Waals surface area contributed by atoms with E-state index in [-0.39, 0.29) is 0 Å². The summed E-state index contributed by atoms with van der Waals surface area (Å²) in [6.07, 6.45) is 1.55. The van der Waals surface area contributed by atoms with E-state index in [2.05, 4.69) is 49.5 Å². The molecule has 2 rings (SSSR count). The molecular formula is C13H15BrN4. The van der Waals surface area contributed by atoms with Crippen molar-refractivity contribution in [1.29, 1.82) is 0 Å². The number of aromatic nitrogens is 2. The van der Waals surface area contributed by atoms with Gasteiger partial charge in [0.1, 0.15) is 18.0 Å². The van der Waals surface area contributed by atoms with E-state index in [0.717, 1.165) is 28.3 Å². The summed E-state index contributed by atoms with van der Waals surface area (Å²) < 4.78 is 1.05. The number of benzene rings is 1. The predicted molar refractivity (Wildman–Crippen MR) is 78.4 cm³/mol. The van der Waals surface area contributed by atoms with Crippen molar-refractivity contribution in [2.75, 3.05) is 17.2 Å². The van der Waals surface area contributed by atoms with Gasteiger partial charge in [-0.05, 0) is 41.4 Å². The lowest BCUT2D eigenvalue weighted by Crippen LogP contribution is -2.02. The Morgan fingerprint density at radius 2 is 2.00 bits per heavy atom. The number of nitrogens with one attached hydrogen (secondary N) is 2. The van der Waals surface area contributed by atoms with Crippen molar-refractivity contribution in [3.05, 3.63) is 40.6 Å². The first-order valence-electron chi connectivity index (χ1n) is 5.78. The van der Waals surface area contributed by atoms with Crippen LogP contribution in [0.15, 0.2) is 35.1 Å². The van der Waals surface area contributed by atoms with Crippen LogP contribution in [0.5, 0.6) is 0 Å². The zero-order valence-electron chi connectivity index (χ0n) is 10.4. The van der Waals surface area contributed by atoms with E-state index in [0.29, 0.717) is 0 Å². The highest BCUT2D eigenvalue weighted by Crippen LogP contribution is 2.28. The van der Waals surface area contributed by atoms with Crippen LogP contribution in [0.3, 0.4) is 0 Å². The summed E-state index contributed by atoms with van der Waals surface area (Å²) in [5.41, 5.74) is 2.18. The van der Waals surface area contributed by atoms with Crippen molar-refractivity contribution in [2.45, 2.75) is 13.8 Å². The van der Waals surface area contributed by atoms with Gasteiger partial charge in [0.15, 0.2) is 0 Å². The van der Waals surface area contributed by atoms with Crippen molar-refractivity contribution < 1.29 is 0 Å². The number of hydrogen-bond acceptors (Lipinski definition) is 4. The number of nitrogens with zero attached hydrogens (tertiary/aromatic N) is 2. The molecule has 4 nitrogen and oxygen atoms in total. The minimum absolute atomic E-state index is 0.771. The van der Waals surface area contributed by atoms with Crippen LogP contribution < -0.4 is 10.6 Å². The normalized spacial score (nSPS) is 10.2. The molecule has 0 bridgehead atoms. The van der Waals surface area contributed by atoms with Crippen molar-refractivity contribution in [2.24, 2.45) is 0 Å². The van der Waals surface area contributed by atoms with Crippen LogP contribution in [-0.2, 0) is 0 Å². The first-order valence-corrected chi connectivity index (χ1v) is 6.58. The summed E-state index contributed by atoms with van der Waals surface area (Å²) >= 11 is 3.57. The molecule has 5 heteroatoms. The minimum atomic E-state index is 0.771. The van der Waals surface area contributed by atoms with Crippen LogP contribution >= 0.6 is 15.9 Å². The summed E-state index contributed by atoms with van der Waals surface area (Å²) in [4.78, 5) is 8.34. The summed E-state index contributed by atoms with van der Waals surface area (Å²) in [6.45, 7) is 4.93. The molecule has 0 aliphatic carbocycles. The largest absolute Gasteiger partial charge is 0.370 e. The Morgan fingerprint density at radius 1 is 1.22 bits per heavy atom. The van der Waals surface area contributed by atoms with Gasteiger partial charge < -0.3 is 10.6 Å². The van der Waals surface area contributed by atoms with Gasteiger partial charge in [-0.1, -0.05) is 12.1 Å². The minimum Gasteiger partial charge on any atom is -0.370 e. The maximum Gasteiger partial charge on any atom is 0.135 e. The first-order chi connectivity index (χ1) is 8.70. The highest BCUT2D eigenvalue weighted by molar-refractivity contribution is 9.10. The van der Waals surface area contributed by atoms with Gasteiger partial charge in [-0.2, -0.15) is 0 Å². The van der Waals surface area contributed by atoms with Gasteiger partial charge in [0.25, 0.3) is 0 Å². The van der Waals surface area contributed by atoms with Gasteiger partial charge in [0, 0.05) is 17.1 Å². The van der Waals surface area contributed by atoms with Gasteiger partial charge in [-0.15, -0.1) is 0 Å². The Kier molecular flexibility index (Phi) is 4.15. The van der Waals surface area contributed by atoms with Gasteiger partial charge in [0.05, 0.1) is 5.69 Å². The zero-order valence-corrected chi connectivity index (χ0v) is 12.0. The van der Waals surface area contributed by atoms with Crippen LogP contribution in [0.1, 0.15) is 12.5 Å². The van der Waals surface area contributed by atoms with Crippen LogP contribution in [0, 0.1) is 6.92 Å². The summed E-state index contributed by atoms with van der Waals surface area (Å²) in [5, 5.41) is 6.43. The Morgan fingerprint density at radius 3 is 2.78 bits per heavy atom. The molecule has 0 aliphatic heterocycles. The molecule has 0 unspecified atom stereocenters. The number of anilines is 3. The molecule has 2 N–H and O–H groups in total. The summed E-state index contributed by atoms with van der Waals surface area (Å²) in [7, 11) is 0. The van der Waals surface area contributed by atoms with Crippen molar-refractivity contribution in [1.82, 2.24) is 9.97 Å². The summed E-state index contributed by atoms with van der Waals surface area (Å²) in [6, 6.07) is 7.96. The second-order valence-corrected chi connectivity index (χ2v) is 4.67. The zero-order chi connectivity index (χ0) is 13.0. The van der Waals surface area contributed by atoms with E-state index >= 15 is 0 Å². The highest BCUT2D eigenvalue weighted by Gasteiger charge is 2.04. The molecule has 0 fully saturated rings. The van der Waals surface area contributed by atoms with E-state index < -0.39 is 0 Å². The van der Waals surface area contributed by atoms with Crippen LogP contribution in [0.2, 0.25) is 0 Å². The van der Waals surface area contributed by atoms with Crippen molar-refractivity contribution in [3.8, 4) is 0 Å². The van der Waals surface area contributed by atoms with Gasteiger partial charge in [-0.3, -0.25) is 0 Å². The third kappa shape index (κ3) is 2.98. The molecule has 2 aromatic rings. The van der Waals surface area contributed by atoms with Crippen LogP contribution in [0.25, 0.3) is 0 Å². The van der Waals surface area contributed by atoms with Gasteiger partial charge >= 0.3 is 0 Å². The molecule has 0 radical (unpaired) electrons. The molecule has 94 valence electrons. The molecule has 1 heterocycles. The molecule has 18 heavy (non-hydrogen) atoms. The highest BCUT2D eigenvalue weighted by atomic mass is 79.9. The first kappa shape index (κ1) is 12.8. The predicted octanol–water partition coefficient (Wildman–Crippen LogP) is 3.72. The molecular weight excluding hydrogens is 292 g/mol. The second-order valence-electron chi connectivity index (χ2n) is 3.88. The van der Waals surface area contributed by atoms with Crippen molar-refractivity contribution in [3.63, 3.8) is 0 Å². The lowest BCUT2D eigenvalue weighted by Gasteiger charge is -2.10. The number of hydrogen-bond donors (Lipinski definition) is 2. The third-order valence-corrected chi connectivity index (χ3v) is 3.53. The molecule has 1 aromatic carbocycles. The quantitative estimate of drug-likeness (QED) is 0.904. The molecule has 0 amide bonds. The van der Waals surface area contributed by atoms with Gasteiger partial charge in [-0.25, -0.2) is 9.97 Å². The van der Waals surface area contributed by atoms with E-state index in [1.807, 2.05) is 25.1 Å². The molecule has 0 saturated carbocycles. The number of rotatable bonds is 4. The maximum atomic E-state index is 4.20. The lowest BCUT2D eigenvalue weighted by atomic mass is 10.2. The van der Waals surface area contributed by atoms with Gasteiger partial charge in [0.2, 0.25) is 0 Å². The third-order valence-electron chi connectivity index (χ3n) is 2.48. The summed E-state index contributed by atoms with van der Waals surface area (Å²) in [5.74, 6) is 1.59. The van der Waals surface area contributed by atoms with E-state index in [1.165, 1.54) is 5.56 Å². The molecule has 1 aromatic heterocycles. The Hall–Kier alpha value is -1.62. The Labute approximate surface area is 115 Å². The average Bonchev–Trinajstić information content (AvgIpc) is 2.36. The van der Waals surface area contributed by atoms with Crippen molar-refractivity contribution >= 4 is 33.3 Å². The SMILES string of the molecule is CCNc1cc(Nc2cccc(C)c2Br)ncn1. The average molecular weight is 307 g/mol. The standard InChI is InChI=1S/C13H15BrN4/c1-3-15-11-7-12(17-8-16-11)18-10-6-4-5-9(2)13(10)14/h4-8H,3H2,1-2H3,(H2,15,16,17,18). The molecule has 0 saturated heterocycles.